The lowest BCUT2D eigenvalue weighted by Gasteiger charge is -2.27. The lowest BCUT2D eigenvalue weighted by Crippen LogP contribution is -2.51. The third-order valence-electron chi connectivity index (χ3n) is 1.54. The Bertz CT molecular complexity index is 239. The van der Waals surface area contributed by atoms with Gasteiger partial charge >= 0.3 is 18.3 Å². The molecule has 0 aromatic carbocycles. The molecule has 1 unspecified atom stereocenters. The van der Waals surface area contributed by atoms with E-state index in [0.717, 1.165) is 0 Å². The van der Waals surface area contributed by atoms with Gasteiger partial charge in [-0.2, -0.15) is 17.6 Å². The van der Waals surface area contributed by atoms with Gasteiger partial charge < -0.3 is 0 Å². The second kappa shape index (κ2) is 4.40. The van der Waals surface area contributed by atoms with Crippen LogP contribution < -0.4 is 0 Å². The van der Waals surface area contributed by atoms with Crippen molar-refractivity contribution in [2.75, 3.05) is 0 Å². The van der Waals surface area contributed by atoms with E-state index in [0.29, 0.717) is 0 Å². The van der Waals surface area contributed by atoms with Gasteiger partial charge in [0.05, 0.1) is 0 Å². The molecule has 0 aliphatic carbocycles. The first-order valence-corrected chi connectivity index (χ1v) is 3.86. The van der Waals surface area contributed by atoms with Crippen LogP contribution in [0.15, 0.2) is 11.6 Å². The zero-order chi connectivity index (χ0) is 12.4. The quantitative estimate of drug-likeness (QED) is 0.515. The molecule has 0 radical (unpaired) electrons. The molecular weight excluding hydrogens is 229 g/mol. The number of alkyl halides is 7. The van der Waals surface area contributed by atoms with E-state index in [1.807, 2.05) is 0 Å². The fourth-order valence-electron chi connectivity index (χ4n) is 0.727. The molecule has 1 atom stereocenters. The lowest BCUT2D eigenvalue weighted by molar-refractivity contribution is -0.278. The van der Waals surface area contributed by atoms with E-state index in [2.05, 4.69) is 0 Å². The summed E-state index contributed by atoms with van der Waals surface area (Å²) in [5, 5.41) is 0. The Balaban J connectivity index is 5.04. The number of rotatable bonds is 4. The maximum absolute atomic E-state index is 12.6. The molecule has 0 amide bonds. The molecule has 7 heteroatoms. The van der Waals surface area contributed by atoms with Crippen molar-refractivity contribution in [3.05, 3.63) is 11.6 Å². The number of hydrogen-bond donors (Lipinski definition) is 0. The van der Waals surface area contributed by atoms with Gasteiger partial charge in [-0.15, -0.1) is 0 Å². The van der Waals surface area contributed by atoms with Gasteiger partial charge in [0, 0.05) is 0 Å². The van der Waals surface area contributed by atoms with Crippen molar-refractivity contribution in [3.8, 4) is 0 Å². The molecule has 90 valence electrons. The van der Waals surface area contributed by atoms with Gasteiger partial charge in [-0.3, -0.25) is 0 Å². The van der Waals surface area contributed by atoms with Crippen LogP contribution in [0, 0.1) is 0 Å². The molecule has 0 aliphatic heterocycles. The van der Waals surface area contributed by atoms with Crippen LogP contribution in [0.3, 0.4) is 0 Å². The van der Waals surface area contributed by atoms with Crippen LogP contribution in [0.5, 0.6) is 0 Å². The van der Waals surface area contributed by atoms with Crippen molar-refractivity contribution < 1.29 is 30.7 Å². The fraction of sp³-hybridized carbons (Fsp3) is 0.750. The molecule has 0 saturated heterocycles. The Labute approximate surface area is 81.8 Å². The Morgan fingerprint density at radius 2 is 1.33 bits per heavy atom. The summed E-state index contributed by atoms with van der Waals surface area (Å²) >= 11 is 0. The molecule has 0 aromatic heterocycles. The molecule has 0 saturated carbocycles. The van der Waals surface area contributed by atoms with E-state index in [4.69, 9.17) is 0 Å². The Morgan fingerprint density at radius 3 is 1.60 bits per heavy atom. The van der Waals surface area contributed by atoms with Gasteiger partial charge in [0.25, 0.3) is 0 Å². The highest BCUT2D eigenvalue weighted by Crippen LogP contribution is 2.43. The topological polar surface area (TPSA) is 0 Å². The minimum atomic E-state index is -5.68. The van der Waals surface area contributed by atoms with Crippen molar-refractivity contribution in [2.45, 2.75) is 38.3 Å². The molecule has 0 aliphatic rings. The third-order valence-corrected chi connectivity index (χ3v) is 1.54. The maximum Gasteiger partial charge on any atom is 0.372 e. The summed E-state index contributed by atoms with van der Waals surface area (Å²) in [6.07, 6.45) is -7.88. The highest BCUT2D eigenvalue weighted by Gasteiger charge is 2.66. The summed E-state index contributed by atoms with van der Waals surface area (Å²) in [5.74, 6) is -11.1. The molecule has 0 aromatic rings. The minimum absolute atomic E-state index is 0.00718. The Kier molecular flexibility index (Phi) is 4.18. The van der Waals surface area contributed by atoms with Crippen molar-refractivity contribution in [1.82, 2.24) is 0 Å². The average molecular weight is 238 g/mol. The molecule has 0 nitrogen and oxygen atoms in total. The van der Waals surface area contributed by atoms with E-state index < -0.39 is 24.4 Å². The fourth-order valence-corrected chi connectivity index (χ4v) is 0.727. The van der Waals surface area contributed by atoms with Gasteiger partial charge in [-0.1, -0.05) is 5.57 Å². The van der Waals surface area contributed by atoms with E-state index in [-0.39, 0.29) is 11.6 Å². The van der Waals surface area contributed by atoms with Crippen LogP contribution in [0.2, 0.25) is 0 Å². The lowest BCUT2D eigenvalue weighted by atomic mass is 10.1. The largest absolute Gasteiger partial charge is 0.372 e. The summed E-state index contributed by atoms with van der Waals surface area (Å²) in [6.45, 7) is 2.37. The van der Waals surface area contributed by atoms with Crippen LogP contribution >= 0.6 is 0 Å². The van der Waals surface area contributed by atoms with Crippen LogP contribution in [0.1, 0.15) is 13.8 Å². The second-order valence-corrected chi connectivity index (χ2v) is 3.19. The van der Waals surface area contributed by atoms with Crippen LogP contribution in [-0.4, -0.2) is 24.4 Å². The first kappa shape index (κ1) is 14.2. The predicted octanol–water partition coefficient (Wildman–Crippen LogP) is 3.83. The van der Waals surface area contributed by atoms with Gasteiger partial charge in [0.15, 0.2) is 6.17 Å². The third kappa shape index (κ3) is 2.85. The molecule has 0 bridgehead atoms. The molecule has 0 fully saturated rings. The Hall–Kier alpha value is -0.750. The minimum Gasteiger partial charge on any atom is -0.236 e. The molecular formula is C8H9F7. The van der Waals surface area contributed by atoms with Gasteiger partial charge in [0.1, 0.15) is 0 Å². The van der Waals surface area contributed by atoms with E-state index in [1.54, 1.807) is 0 Å². The van der Waals surface area contributed by atoms with Crippen LogP contribution in [-0.2, 0) is 0 Å². The van der Waals surface area contributed by atoms with Gasteiger partial charge in [-0.25, -0.2) is 13.2 Å². The van der Waals surface area contributed by atoms with Crippen LogP contribution in [0.25, 0.3) is 0 Å². The summed E-state index contributed by atoms with van der Waals surface area (Å²) in [5.41, 5.74) is -0.00718. The van der Waals surface area contributed by atoms with Gasteiger partial charge in [0.2, 0.25) is 0 Å². The number of halogens is 7. The molecule has 0 spiro atoms. The van der Waals surface area contributed by atoms with Crippen molar-refractivity contribution in [2.24, 2.45) is 0 Å². The smallest absolute Gasteiger partial charge is 0.236 e. The molecule has 0 rings (SSSR count). The van der Waals surface area contributed by atoms with Crippen molar-refractivity contribution in [1.29, 1.82) is 0 Å². The highest BCUT2D eigenvalue weighted by molar-refractivity contribution is 5.07. The summed E-state index contributed by atoms with van der Waals surface area (Å²) in [4.78, 5) is 0. The first-order chi connectivity index (χ1) is 6.53. The Morgan fingerprint density at radius 1 is 0.933 bits per heavy atom. The van der Waals surface area contributed by atoms with Crippen molar-refractivity contribution in [3.63, 3.8) is 0 Å². The summed E-state index contributed by atoms with van der Waals surface area (Å²) in [7, 11) is 0. The first-order valence-electron chi connectivity index (χ1n) is 3.86. The summed E-state index contributed by atoms with van der Waals surface area (Å²) < 4.78 is 85.4. The van der Waals surface area contributed by atoms with E-state index >= 15 is 0 Å². The second-order valence-electron chi connectivity index (χ2n) is 3.19. The van der Waals surface area contributed by atoms with E-state index in [1.165, 1.54) is 13.8 Å². The van der Waals surface area contributed by atoms with E-state index in [9.17, 15) is 30.7 Å². The molecule has 15 heavy (non-hydrogen) atoms. The molecule has 0 N–H and O–H groups in total. The monoisotopic (exact) mass is 238 g/mol. The SMILES string of the molecule is CC(C)=CC(F)C(F)(F)C(F)(F)C(F)F. The number of allylic oxidation sites excluding steroid dienone is 2. The molecule has 0 heterocycles. The predicted molar refractivity (Wildman–Crippen MR) is 40.2 cm³/mol. The van der Waals surface area contributed by atoms with Crippen molar-refractivity contribution >= 4 is 0 Å². The standard InChI is InChI=1S/C8H9F7/c1-4(2)3-5(9)7(12,13)8(14,15)6(10)11/h3,5-6H,1-2H3. The normalized spacial score (nSPS) is 15.3. The highest BCUT2D eigenvalue weighted by atomic mass is 19.3. The maximum atomic E-state index is 12.6. The average Bonchev–Trinajstić information content (AvgIpc) is 2.01. The summed E-state index contributed by atoms with van der Waals surface area (Å²) in [6, 6.07) is 0. The zero-order valence-corrected chi connectivity index (χ0v) is 7.88. The van der Waals surface area contributed by atoms with Crippen LogP contribution in [0.4, 0.5) is 30.7 Å². The van der Waals surface area contributed by atoms with Gasteiger partial charge in [-0.05, 0) is 19.9 Å². The zero-order valence-electron chi connectivity index (χ0n) is 7.88. The number of hydrogen-bond acceptors (Lipinski definition) is 0.